The van der Waals surface area contributed by atoms with Gasteiger partial charge in [0.25, 0.3) is 5.91 Å². The molecule has 0 unspecified atom stereocenters. The van der Waals surface area contributed by atoms with Gasteiger partial charge in [0.15, 0.2) is 0 Å². The van der Waals surface area contributed by atoms with E-state index in [1.54, 1.807) is 30.3 Å². The van der Waals surface area contributed by atoms with Crippen LogP contribution in [0.5, 0.6) is 0 Å². The number of ether oxygens (including phenoxy) is 2. The highest BCUT2D eigenvalue weighted by Crippen LogP contribution is 2.18. The fourth-order valence-electron chi connectivity index (χ4n) is 1.59. The summed E-state index contributed by atoms with van der Waals surface area (Å²) < 4.78 is 9.22. The van der Waals surface area contributed by atoms with E-state index in [-0.39, 0.29) is 6.61 Å². The number of nitrogens with one attached hydrogen (secondary N) is 1. The molecule has 1 rings (SSSR count). The Labute approximate surface area is 139 Å². The normalized spacial score (nSPS) is 11.0. The number of hydrogen-bond donors (Lipinski definition) is 1. The van der Waals surface area contributed by atoms with Crippen molar-refractivity contribution in [3.63, 3.8) is 0 Å². The first kappa shape index (κ1) is 19.1. The topological polar surface area (TPSA) is 98.8 Å². The van der Waals surface area contributed by atoms with Gasteiger partial charge < -0.3 is 14.8 Å². The maximum absolute atomic E-state index is 12.2. The van der Waals surface area contributed by atoms with Crippen LogP contribution in [0, 0.1) is 5.41 Å². The summed E-state index contributed by atoms with van der Waals surface area (Å²) in [6, 6.07) is 8.52. The number of rotatable bonds is 7. The Bertz CT molecular complexity index is 648. The maximum Gasteiger partial charge on any atom is 0.331 e. The molecule has 0 heterocycles. The van der Waals surface area contributed by atoms with Gasteiger partial charge >= 0.3 is 11.9 Å². The van der Waals surface area contributed by atoms with Gasteiger partial charge in [0.1, 0.15) is 6.61 Å². The van der Waals surface area contributed by atoms with E-state index in [4.69, 9.17) is 4.74 Å². The highest BCUT2D eigenvalue weighted by Gasteiger charge is 2.34. The van der Waals surface area contributed by atoms with E-state index >= 15 is 0 Å². The van der Waals surface area contributed by atoms with Crippen molar-refractivity contribution in [2.24, 2.45) is 5.41 Å². The summed E-state index contributed by atoms with van der Waals surface area (Å²) in [5.41, 5.74) is -0.724. The van der Waals surface area contributed by atoms with E-state index in [9.17, 15) is 19.2 Å². The lowest BCUT2D eigenvalue weighted by Gasteiger charge is -2.21. The third-order valence-electron chi connectivity index (χ3n) is 2.98. The Hall–Kier alpha value is -2.96. The molecule has 0 fully saturated rings. The number of carbonyl (C=O) groups excluding carboxylic acids is 4. The number of esters is 2. The van der Waals surface area contributed by atoms with Crippen molar-refractivity contribution in [2.75, 3.05) is 19.0 Å². The molecule has 1 N–H and O–H groups in total. The summed E-state index contributed by atoms with van der Waals surface area (Å²) in [7, 11) is 1.17. The Morgan fingerprint density at radius 1 is 1.04 bits per heavy atom. The number of amides is 1. The van der Waals surface area contributed by atoms with E-state index < -0.39 is 29.0 Å². The van der Waals surface area contributed by atoms with Crippen LogP contribution in [0.15, 0.2) is 42.5 Å². The second-order valence-corrected chi connectivity index (χ2v) is 5.50. The molecule has 0 saturated carbocycles. The lowest BCUT2D eigenvalue weighted by molar-refractivity contribution is -0.148. The molecule has 0 aliphatic carbocycles. The smallest absolute Gasteiger partial charge is 0.331 e. The fourth-order valence-corrected chi connectivity index (χ4v) is 1.59. The first-order chi connectivity index (χ1) is 11.3. The van der Waals surface area contributed by atoms with Gasteiger partial charge in [-0.1, -0.05) is 18.2 Å². The SMILES string of the molecule is COC(=O)/C=C/C(=O)OCC(C)(C)C(=O)C(=O)Nc1ccccc1. The zero-order chi connectivity index (χ0) is 18.2. The van der Waals surface area contributed by atoms with Crippen molar-refractivity contribution < 1.29 is 28.7 Å². The van der Waals surface area contributed by atoms with Crippen molar-refractivity contribution in [2.45, 2.75) is 13.8 Å². The van der Waals surface area contributed by atoms with Crippen LogP contribution in [0.2, 0.25) is 0 Å². The highest BCUT2D eigenvalue weighted by atomic mass is 16.5. The minimum Gasteiger partial charge on any atom is -0.466 e. The zero-order valence-electron chi connectivity index (χ0n) is 13.7. The summed E-state index contributed by atoms with van der Waals surface area (Å²) in [6.45, 7) is 2.66. The van der Waals surface area contributed by atoms with E-state index in [1.165, 1.54) is 21.0 Å². The van der Waals surface area contributed by atoms with Gasteiger partial charge in [0.2, 0.25) is 5.78 Å². The minimum atomic E-state index is -1.21. The molecule has 24 heavy (non-hydrogen) atoms. The lowest BCUT2D eigenvalue weighted by atomic mass is 9.88. The summed E-state index contributed by atoms with van der Waals surface area (Å²) in [5.74, 6) is -3.04. The van der Waals surface area contributed by atoms with Crippen LogP contribution in [0.1, 0.15) is 13.8 Å². The van der Waals surface area contributed by atoms with Gasteiger partial charge in [0.05, 0.1) is 12.5 Å². The Morgan fingerprint density at radius 2 is 1.62 bits per heavy atom. The number of anilines is 1. The molecule has 0 aliphatic heterocycles. The van der Waals surface area contributed by atoms with Crippen LogP contribution >= 0.6 is 0 Å². The van der Waals surface area contributed by atoms with Gasteiger partial charge in [0, 0.05) is 17.8 Å². The molecular formula is C17H19NO6. The standard InChI is InChI=1S/C17H19NO6/c1-17(2,11-24-14(20)10-9-13(19)23-3)15(21)16(22)18-12-7-5-4-6-8-12/h4-10H,11H2,1-3H3,(H,18,22)/b10-9+. The second-order valence-electron chi connectivity index (χ2n) is 5.50. The lowest BCUT2D eigenvalue weighted by Crippen LogP contribution is -2.39. The molecule has 0 bridgehead atoms. The molecular weight excluding hydrogens is 314 g/mol. The van der Waals surface area contributed by atoms with Crippen molar-refractivity contribution in [1.29, 1.82) is 0 Å². The third kappa shape index (κ3) is 6.04. The van der Waals surface area contributed by atoms with Gasteiger partial charge in [-0.2, -0.15) is 0 Å². The average molecular weight is 333 g/mol. The molecule has 0 atom stereocenters. The quantitative estimate of drug-likeness (QED) is 0.461. The number of hydrogen-bond acceptors (Lipinski definition) is 6. The first-order valence-electron chi connectivity index (χ1n) is 7.10. The van der Waals surface area contributed by atoms with Crippen LogP contribution in [-0.4, -0.2) is 37.3 Å². The number of ketones is 1. The van der Waals surface area contributed by atoms with Crippen LogP contribution in [-0.2, 0) is 28.7 Å². The number of Topliss-reactive ketones (excluding diaryl/α,β-unsaturated/α-hetero) is 1. The molecule has 0 saturated heterocycles. The second kappa shape index (κ2) is 8.61. The molecule has 128 valence electrons. The molecule has 1 aromatic carbocycles. The zero-order valence-corrected chi connectivity index (χ0v) is 13.7. The van der Waals surface area contributed by atoms with E-state index in [1.807, 2.05) is 0 Å². The highest BCUT2D eigenvalue weighted by molar-refractivity contribution is 6.42. The van der Waals surface area contributed by atoms with Crippen LogP contribution < -0.4 is 5.32 Å². The largest absolute Gasteiger partial charge is 0.466 e. The average Bonchev–Trinajstić information content (AvgIpc) is 2.57. The van der Waals surface area contributed by atoms with Gasteiger partial charge in [-0.15, -0.1) is 0 Å². The van der Waals surface area contributed by atoms with Crippen LogP contribution in [0.25, 0.3) is 0 Å². The van der Waals surface area contributed by atoms with Crippen molar-refractivity contribution in [3.05, 3.63) is 42.5 Å². The number of carbonyl (C=O) groups is 4. The molecule has 0 spiro atoms. The molecule has 7 heteroatoms. The van der Waals surface area contributed by atoms with Crippen LogP contribution in [0.4, 0.5) is 5.69 Å². The third-order valence-corrected chi connectivity index (χ3v) is 2.98. The number of benzene rings is 1. The Kier molecular flexibility index (Phi) is 6.85. The van der Waals surface area contributed by atoms with E-state index in [0.717, 1.165) is 12.2 Å². The Balaban J connectivity index is 2.58. The van der Waals surface area contributed by atoms with Crippen molar-refractivity contribution in [1.82, 2.24) is 0 Å². The minimum absolute atomic E-state index is 0.307. The Morgan fingerprint density at radius 3 is 2.21 bits per heavy atom. The predicted molar refractivity (Wildman–Crippen MR) is 86.0 cm³/mol. The molecule has 1 aromatic rings. The summed E-state index contributed by atoms with van der Waals surface area (Å²) in [5, 5.41) is 2.48. The molecule has 0 aliphatic rings. The number of methoxy groups -OCH3 is 1. The van der Waals surface area contributed by atoms with Gasteiger partial charge in [-0.05, 0) is 26.0 Å². The van der Waals surface area contributed by atoms with Gasteiger partial charge in [-0.25, -0.2) is 9.59 Å². The van der Waals surface area contributed by atoms with E-state index in [2.05, 4.69) is 10.1 Å². The predicted octanol–water partition coefficient (Wildman–Crippen LogP) is 1.49. The maximum atomic E-state index is 12.2. The van der Waals surface area contributed by atoms with Gasteiger partial charge in [-0.3, -0.25) is 9.59 Å². The van der Waals surface area contributed by atoms with Crippen molar-refractivity contribution in [3.8, 4) is 0 Å². The summed E-state index contributed by atoms with van der Waals surface area (Å²) >= 11 is 0. The summed E-state index contributed by atoms with van der Waals surface area (Å²) in [4.78, 5) is 46.5. The summed E-state index contributed by atoms with van der Waals surface area (Å²) in [6.07, 6.45) is 1.79. The van der Waals surface area contributed by atoms with Crippen LogP contribution in [0.3, 0.4) is 0 Å². The fraction of sp³-hybridized carbons (Fsp3) is 0.294. The number of para-hydroxylation sites is 1. The molecule has 0 aromatic heterocycles. The first-order valence-corrected chi connectivity index (χ1v) is 7.10. The van der Waals surface area contributed by atoms with Crippen molar-refractivity contribution >= 4 is 29.3 Å². The molecule has 0 radical (unpaired) electrons. The molecule has 7 nitrogen and oxygen atoms in total. The monoisotopic (exact) mass is 333 g/mol. The molecule has 1 amide bonds. The van der Waals surface area contributed by atoms with E-state index in [0.29, 0.717) is 5.69 Å².